The Balaban J connectivity index is 1.75. The number of halogens is 3. The van der Waals surface area contributed by atoms with Crippen molar-refractivity contribution in [1.82, 2.24) is 15.5 Å². The number of aliphatic imine (C=N–C) groups is 1. The van der Waals surface area contributed by atoms with E-state index in [2.05, 4.69) is 15.6 Å². The number of fused-ring (bicyclic) bond motifs is 1. The number of nitrogens with zero attached hydrogens (tertiary/aromatic N) is 2. The van der Waals surface area contributed by atoms with E-state index in [1.54, 1.807) is 16.2 Å². The van der Waals surface area contributed by atoms with E-state index in [-0.39, 0.29) is 25.0 Å². The van der Waals surface area contributed by atoms with Crippen molar-refractivity contribution in [3.05, 3.63) is 21.9 Å². The minimum absolute atomic E-state index is 0.00512. The molecule has 1 aromatic rings. The standard InChI is InChI=1S/C14H19F3N4OS/c1-18-13(19-5-4-14(15,16)17)20-8-12(22)21-6-2-11-10(9-21)3-7-23-11/h3,7H,2,4-6,8-9H2,1H3,(H2,18,19,20). The van der Waals surface area contributed by atoms with Gasteiger partial charge in [-0.15, -0.1) is 11.3 Å². The highest BCUT2D eigenvalue weighted by Crippen LogP contribution is 2.23. The van der Waals surface area contributed by atoms with Gasteiger partial charge < -0.3 is 15.5 Å². The molecule has 0 spiro atoms. The maximum atomic E-state index is 12.2. The monoisotopic (exact) mass is 348 g/mol. The first-order valence-corrected chi connectivity index (χ1v) is 8.11. The van der Waals surface area contributed by atoms with Crippen molar-refractivity contribution in [2.75, 3.05) is 26.7 Å². The fraction of sp³-hybridized carbons (Fsp3) is 0.571. The molecule has 0 saturated heterocycles. The summed E-state index contributed by atoms with van der Waals surface area (Å²) < 4.78 is 36.3. The van der Waals surface area contributed by atoms with Crippen LogP contribution in [0.4, 0.5) is 13.2 Å². The third kappa shape index (κ3) is 5.42. The summed E-state index contributed by atoms with van der Waals surface area (Å²) in [5.41, 5.74) is 1.17. The molecular weight excluding hydrogens is 329 g/mol. The molecule has 0 atom stereocenters. The van der Waals surface area contributed by atoms with Gasteiger partial charge in [-0.2, -0.15) is 13.2 Å². The Hall–Kier alpha value is -1.77. The Morgan fingerprint density at radius 3 is 2.91 bits per heavy atom. The highest BCUT2D eigenvalue weighted by molar-refractivity contribution is 7.10. The minimum atomic E-state index is -4.21. The molecule has 2 N–H and O–H groups in total. The van der Waals surface area contributed by atoms with Gasteiger partial charge in [-0.1, -0.05) is 0 Å². The Labute approximate surface area is 136 Å². The van der Waals surface area contributed by atoms with E-state index in [1.165, 1.54) is 17.5 Å². The molecule has 1 aromatic heterocycles. The van der Waals surface area contributed by atoms with Gasteiger partial charge in [0.15, 0.2) is 5.96 Å². The van der Waals surface area contributed by atoms with Crippen LogP contribution in [0.15, 0.2) is 16.4 Å². The average Bonchev–Trinajstić information content (AvgIpc) is 2.96. The maximum absolute atomic E-state index is 12.2. The third-order valence-corrected chi connectivity index (χ3v) is 4.51. The zero-order chi connectivity index (χ0) is 16.9. The number of alkyl halides is 3. The molecule has 1 amide bonds. The van der Waals surface area contributed by atoms with Gasteiger partial charge >= 0.3 is 6.18 Å². The molecule has 1 aliphatic heterocycles. The first kappa shape index (κ1) is 17.6. The summed E-state index contributed by atoms with van der Waals surface area (Å²) in [6.07, 6.45) is -4.32. The Morgan fingerprint density at radius 1 is 1.43 bits per heavy atom. The largest absolute Gasteiger partial charge is 0.390 e. The van der Waals surface area contributed by atoms with Crippen LogP contribution >= 0.6 is 11.3 Å². The van der Waals surface area contributed by atoms with Gasteiger partial charge in [0, 0.05) is 31.6 Å². The molecular formula is C14H19F3N4OS. The molecule has 2 rings (SSSR count). The fourth-order valence-corrected chi connectivity index (χ4v) is 3.17. The molecule has 0 aromatic carbocycles. The number of carbonyl (C=O) groups excluding carboxylic acids is 1. The fourth-order valence-electron chi connectivity index (χ4n) is 2.28. The molecule has 0 fully saturated rings. The SMILES string of the molecule is CN=C(NCCC(F)(F)F)NCC(=O)N1CCc2sccc2C1. The average molecular weight is 348 g/mol. The second kappa shape index (κ2) is 7.67. The van der Waals surface area contributed by atoms with E-state index in [0.29, 0.717) is 13.1 Å². The van der Waals surface area contributed by atoms with Crippen molar-refractivity contribution in [2.24, 2.45) is 4.99 Å². The van der Waals surface area contributed by atoms with Gasteiger partial charge in [0.05, 0.1) is 13.0 Å². The highest BCUT2D eigenvalue weighted by atomic mass is 32.1. The Morgan fingerprint density at radius 2 is 2.22 bits per heavy atom. The van der Waals surface area contributed by atoms with Crippen molar-refractivity contribution in [3.63, 3.8) is 0 Å². The normalized spacial score (nSPS) is 15.3. The zero-order valence-electron chi connectivity index (χ0n) is 12.7. The van der Waals surface area contributed by atoms with Crippen LogP contribution in [0.1, 0.15) is 16.9 Å². The highest BCUT2D eigenvalue weighted by Gasteiger charge is 2.26. The summed E-state index contributed by atoms with van der Waals surface area (Å²) in [5.74, 6) is 0.0939. The number of nitrogens with one attached hydrogen (secondary N) is 2. The number of hydrogen-bond acceptors (Lipinski definition) is 3. The summed E-state index contributed by atoms with van der Waals surface area (Å²) in [6, 6.07) is 2.02. The van der Waals surface area contributed by atoms with E-state index < -0.39 is 12.6 Å². The quantitative estimate of drug-likeness (QED) is 0.644. The van der Waals surface area contributed by atoms with Crippen LogP contribution in [-0.4, -0.2) is 49.6 Å². The maximum Gasteiger partial charge on any atom is 0.390 e. The van der Waals surface area contributed by atoms with E-state index >= 15 is 0 Å². The molecule has 0 bridgehead atoms. The lowest BCUT2D eigenvalue weighted by atomic mass is 10.1. The lowest BCUT2D eigenvalue weighted by molar-refractivity contribution is -0.133. The summed E-state index contributed by atoms with van der Waals surface area (Å²) >= 11 is 1.70. The van der Waals surface area contributed by atoms with Crippen LogP contribution < -0.4 is 10.6 Å². The molecule has 1 aliphatic rings. The van der Waals surface area contributed by atoms with Gasteiger partial charge in [0.2, 0.25) is 5.91 Å². The second-order valence-corrected chi connectivity index (χ2v) is 6.15. The van der Waals surface area contributed by atoms with Gasteiger partial charge in [0.25, 0.3) is 0 Å². The van der Waals surface area contributed by atoms with Crippen molar-refractivity contribution < 1.29 is 18.0 Å². The molecule has 0 radical (unpaired) electrons. The smallest absolute Gasteiger partial charge is 0.356 e. The van der Waals surface area contributed by atoms with E-state index in [9.17, 15) is 18.0 Å². The van der Waals surface area contributed by atoms with Crippen LogP contribution in [-0.2, 0) is 17.8 Å². The zero-order valence-corrected chi connectivity index (χ0v) is 13.6. The number of carbonyl (C=O) groups is 1. The van der Waals surface area contributed by atoms with Gasteiger partial charge in [-0.3, -0.25) is 9.79 Å². The van der Waals surface area contributed by atoms with E-state index in [0.717, 1.165) is 6.42 Å². The molecule has 23 heavy (non-hydrogen) atoms. The molecule has 0 aliphatic carbocycles. The van der Waals surface area contributed by atoms with Crippen LogP contribution in [0, 0.1) is 0 Å². The summed E-state index contributed by atoms with van der Waals surface area (Å²) in [6.45, 7) is 0.970. The van der Waals surface area contributed by atoms with Crippen LogP contribution in [0.25, 0.3) is 0 Å². The number of hydrogen-bond donors (Lipinski definition) is 2. The molecule has 128 valence electrons. The number of guanidine groups is 1. The van der Waals surface area contributed by atoms with Gasteiger partial charge in [0.1, 0.15) is 0 Å². The third-order valence-electron chi connectivity index (χ3n) is 3.49. The molecule has 5 nitrogen and oxygen atoms in total. The van der Waals surface area contributed by atoms with Crippen LogP contribution in [0.5, 0.6) is 0 Å². The van der Waals surface area contributed by atoms with Crippen molar-refractivity contribution >= 4 is 23.2 Å². The topological polar surface area (TPSA) is 56.7 Å². The molecule has 2 heterocycles. The van der Waals surface area contributed by atoms with Crippen molar-refractivity contribution in [2.45, 2.75) is 25.6 Å². The molecule has 9 heteroatoms. The van der Waals surface area contributed by atoms with Crippen LogP contribution in [0.2, 0.25) is 0 Å². The number of rotatable bonds is 4. The molecule has 0 unspecified atom stereocenters. The number of amides is 1. The minimum Gasteiger partial charge on any atom is -0.356 e. The summed E-state index contributed by atoms with van der Waals surface area (Å²) in [5, 5.41) is 7.32. The predicted octanol–water partition coefficient (Wildman–Crippen LogP) is 1.75. The summed E-state index contributed by atoms with van der Waals surface area (Å²) in [4.78, 5) is 19.1. The Bertz CT molecular complexity index is 571. The van der Waals surface area contributed by atoms with E-state index in [1.807, 2.05) is 11.4 Å². The Kier molecular flexibility index (Phi) is 5.86. The first-order chi connectivity index (χ1) is 10.9. The lowest BCUT2D eigenvalue weighted by Gasteiger charge is -2.27. The number of thiophene rings is 1. The van der Waals surface area contributed by atoms with Gasteiger partial charge in [-0.05, 0) is 23.4 Å². The van der Waals surface area contributed by atoms with Gasteiger partial charge in [-0.25, -0.2) is 0 Å². The lowest BCUT2D eigenvalue weighted by Crippen LogP contribution is -2.46. The van der Waals surface area contributed by atoms with E-state index in [4.69, 9.17) is 0 Å². The van der Waals surface area contributed by atoms with Crippen LogP contribution in [0.3, 0.4) is 0 Å². The van der Waals surface area contributed by atoms with Crippen molar-refractivity contribution in [1.29, 1.82) is 0 Å². The second-order valence-electron chi connectivity index (χ2n) is 5.15. The molecule has 0 saturated carbocycles. The van der Waals surface area contributed by atoms with Crippen molar-refractivity contribution in [3.8, 4) is 0 Å². The predicted molar refractivity (Wildman–Crippen MR) is 83.5 cm³/mol. The summed E-state index contributed by atoms with van der Waals surface area (Å²) in [7, 11) is 1.45. The first-order valence-electron chi connectivity index (χ1n) is 7.23.